The predicted molar refractivity (Wildman–Crippen MR) is 99.5 cm³/mol. The molecule has 4 aliphatic rings. The van der Waals surface area contributed by atoms with E-state index in [2.05, 4.69) is 0 Å². The predicted octanol–water partition coefficient (Wildman–Crippen LogP) is 2.49. The van der Waals surface area contributed by atoms with Gasteiger partial charge in [-0.1, -0.05) is 44.2 Å². The molecule has 4 rings (SSSR count). The Hall–Kier alpha value is -1.30. The third-order valence-corrected chi connectivity index (χ3v) is 8.51. The maximum absolute atomic E-state index is 16.8. The third-order valence-electron chi connectivity index (χ3n) is 8.51. The maximum Gasteiger partial charge on any atom is 0.190 e. The number of ketones is 1. The minimum absolute atomic E-state index is 0.00231. The van der Waals surface area contributed by atoms with Crippen LogP contribution in [0.2, 0.25) is 0 Å². The molecule has 0 aromatic rings. The number of hydrogen-bond acceptors (Lipinski definition) is 4. The number of aliphatic hydroxyl groups excluding tert-OH is 2. The summed E-state index contributed by atoms with van der Waals surface area (Å²) in [4.78, 5) is 12.5. The van der Waals surface area contributed by atoms with Crippen molar-refractivity contribution in [2.24, 2.45) is 28.6 Å². The van der Waals surface area contributed by atoms with Gasteiger partial charge in [-0.15, -0.1) is 0 Å². The first-order chi connectivity index (χ1) is 12.6. The summed E-state index contributed by atoms with van der Waals surface area (Å²) in [5, 5.41) is 32.0. The smallest absolute Gasteiger partial charge is 0.190 e. The van der Waals surface area contributed by atoms with Gasteiger partial charge in [0.1, 0.15) is 12.2 Å². The number of carbonyl (C=O) groups is 1. The summed E-state index contributed by atoms with van der Waals surface area (Å²) in [6, 6.07) is 0. The highest BCUT2D eigenvalue weighted by atomic mass is 19.1. The molecule has 0 bridgehead atoms. The lowest BCUT2D eigenvalue weighted by molar-refractivity contribution is -0.214. The lowest BCUT2D eigenvalue weighted by Gasteiger charge is -2.61. The van der Waals surface area contributed by atoms with Gasteiger partial charge in [0.2, 0.25) is 0 Å². The monoisotopic (exact) mass is 376 g/mol. The Morgan fingerprint density at radius 1 is 1.30 bits per heavy atom. The zero-order chi connectivity index (χ0) is 19.8. The summed E-state index contributed by atoms with van der Waals surface area (Å²) in [5.74, 6) is -1.78. The van der Waals surface area contributed by atoms with Crippen LogP contribution in [0.15, 0.2) is 36.0 Å². The van der Waals surface area contributed by atoms with E-state index >= 15 is 4.39 Å². The molecule has 5 heteroatoms. The maximum atomic E-state index is 16.8. The lowest BCUT2D eigenvalue weighted by atomic mass is 9.45. The number of aliphatic hydroxyl groups is 3. The van der Waals surface area contributed by atoms with Crippen molar-refractivity contribution in [1.82, 2.24) is 0 Å². The molecule has 2 fully saturated rings. The Morgan fingerprint density at radius 2 is 2.00 bits per heavy atom. The van der Waals surface area contributed by atoms with Crippen LogP contribution in [0.3, 0.4) is 0 Å². The molecule has 0 aromatic heterocycles. The molecule has 4 nitrogen and oxygen atoms in total. The van der Waals surface area contributed by atoms with Crippen molar-refractivity contribution >= 4 is 5.78 Å². The van der Waals surface area contributed by atoms with E-state index < -0.39 is 52.4 Å². The Bertz CT molecular complexity index is 772. The van der Waals surface area contributed by atoms with E-state index in [1.807, 2.05) is 37.3 Å². The number of Topliss-reactive ketones (excluding diaryl/α,β-unsaturated/α-hetero) is 1. The summed E-state index contributed by atoms with van der Waals surface area (Å²) in [6.45, 7) is 4.66. The van der Waals surface area contributed by atoms with Crippen molar-refractivity contribution in [3.05, 3.63) is 36.0 Å². The van der Waals surface area contributed by atoms with E-state index in [4.69, 9.17) is 0 Å². The Balaban J connectivity index is 1.86. The molecule has 148 valence electrons. The molecule has 0 aliphatic heterocycles. The zero-order valence-corrected chi connectivity index (χ0v) is 16.2. The van der Waals surface area contributed by atoms with Crippen LogP contribution in [0.5, 0.6) is 0 Å². The summed E-state index contributed by atoms with van der Waals surface area (Å²) in [7, 11) is 0. The van der Waals surface area contributed by atoms with E-state index in [0.717, 1.165) is 5.57 Å². The molecule has 2 saturated carbocycles. The van der Waals surface area contributed by atoms with Crippen molar-refractivity contribution in [3.63, 3.8) is 0 Å². The summed E-state index contributed by atoms with van der Waals surface area (Å²) in [5.41, 5.74) is -4.64. The van der Waals surface area contributed by atoms with Crippen molar-refractivity contribution < 1.29 is 24.5 Å². The second-order valence-corrected chi connectivity index (χ2v) is 9.42. The minimum Gasteiger partial charge on any atom is -0.390 e. The number of hydrogen-bond donors (Lipinski definition) is 3. The number of rotatable bonds is 2. The fourth-order valence-electron chi connectivity index (χ4n) is 7.00. The average molecular weight is 376 g/mol. The minimum atomic E-state index is -1.87. The molecule has 0 heterocycles. The first-order valence-corrected chi connectivity index (χ1v) is 9.87. The molecule has 8 atom stereocenters. The summed E-state index contributed by atoms with van der Waals surface area (Å²) < 4.78 is 16.8. The second kappa shape index (κ2) is 5.62. The molecular formula is C22H29FO4. The average Bonchev–Trinajstić information content (AvgIpc) is 2.83. The van der Waals surface area contributed by atoms with Crippen molar-refractivity contribution in [2.75, 3.05) is 6.61 Å². The molecule has 0 amide bonds. The fraction of sp³-hybridized carbons (Fsp3) is 0.682. The standard InChI is InChI=1S/C22H29FO4/c1-13-10-16-15-8-7-14-6-4-5-9-19(14,2)21(15,23)17(25)11-20(16,3)22(13,27)18(26)12-24/h4-7,9,13,15-17,24-25,27H,8,10-12H2,1-3H3/t13?,15-,16-,17?,19-,20-,21-,22-/m0/s1. The molecule has 0 radical (unpaired) electrons. The number of halogens is 1. The van der Waals surface area contributed by atoms with Gasteiger partial charge in [0.25, 0.3) is 0 Å². The van der Waals surface area contributed by atoms with Crippen LogP contribution in [0.1, 0.15) is 40.0 Å². The summed E-state index contributed by atoms with van der Waals surface area (Å²) >= 11 is 0. The summed E-state index contributed by atoms with van der Waals surface area (Å²) in [6.07, 6.45) is 9.14. The third kappa shape index (κ3) is 1.95. The molecule has 4 aliphatic carbocycles. The van der Waals surface area contributed by atoms with Gasteiger partial charge < -0.3 is 15.3 Å². The number of carbonyl (C=O) groups excluding carboxylic acids is 1. The van der Waals surface area contributed by atoms with Gasteiger partial charge in [0.05, 0.1) is 6.10 Å². The van der Waals surface area contributed by atoms with Crippen LogP contribution in [0.4, 0.5) is 4.39 Å². The molecule has 27 heavy (non-hydrogen) atoms. The normalized spacial score (nSPS) is 53.4. The molecule has 2 unspecified atom stereocenters. The first-order valence-electron chi connectivity index (χ1n) is 9.87. The van der Waals surface area contributed by atoms with Gasteiger partial charge in [-0.05, 0) is 43.6 Å². The molecule has 0 aromatic carbocycles. The van der Waals surface area contributed by atoms with E-state index in [9.17, 15) is 20.1 Å². The molecule has 3 N–H and O–H groups in total. The van der Waals surface area contributed by atoms with E-state index in [-0.39, 0.29) is 12.3 Å². The van der Waals surface area contributed by atoms with Crippen LogP contribution < -0.4 is 0 Å². The van der Waals surface area contributed by atoms with Crippen molar-refractivity contribution in [3.8, 4) is 0 Å². The van der Waals surface area contributed by atoms with Crippen molar-refractivity contribution in [1.29, 1.82) is 0 Å². The van der Waals surface area contributed by atoms with Crippen LogP contribution in [0, 0.1) is 28.6 Å². The van der Waals surface area contributed by atoms with Gasteiger partial charge in [-0.25, -0.2) is 4.39 Å². The number of alkyl halides is 1. The van der Waals surface area contributed by atoms with E-state index in [1.54, 1.807) is 13.8 Å². The second-order valence-electron chi connectivity index (χ2n) is 9.42. The van der Waals surface area contributed by atoms with Crippen LogP contribution in [-0.2, 0) is 4.79 Å². The van der Waals surface area contributed by atoms with Gasteiger partial charge in [-0.2, -0.15) is 0 Å². The first kappa shape index (κ1) is 19.0. The Labute approximate surface area is 159 Å². The fourth-order valence-corrected chi connectivity index (χ4v) is 7.00. The quantitative estimate of drug-likeness (QED) is 0.692. The number of fused-ring (bicyclic) bond motifs is 5. The van der Waals surface area contributed by atoms with Crippen LogP contribution >= 0.6 is 0 Å². The van der Waals surface area contributed by atoms with Gasteiger partial charge in [0.15, 0.2) is 11.5 Å². The van der Waals surface area contributed by atoms with Gasteiger partial charge in [0, 0.05) is 16.7 Å². The van der Waals surface area contributed by atoms with Crippen LogP contribution in [0.25, 0.3) is 0 Å². The van der Waals surface area contributed by atoms with Crippen molar-refractivity contribution in [2.45, 2.75) is 57.4 Å². The highest BCUT2D eigenvalue weighted by molar-refractivity contribution is 5.90. The van der Waals surface area contributed by atoms with Gasteiger partial charge >= 0.3 is 0 Å². The SMILES string of the molecule is CC1C[C@H]2[C@@H]3CC=C4C=CC=C[C@]4(C)[C@@]3(F)C(O)C[C@]2(C)[C@@]1(O)C(=O)CO. The van der Waals surface area contributed by atoms with Crippen LogP contribution in [-0.4, -0.2) is 45.1 Å². The Kier molecular flexibility index (Phi) is 3.96. The van der Waals surface area contributed by atoms with E-state index in [0.29, 0.717) is 12.8 Å². The highest BCUT2D eigenvalue weighted by Crippen LogP contribution is 2.69. The molecule has 0 saturated heterocycles. The molecular weight excluding hydrogens is 347 g/mol. The topological polar surface area (TPSA) is 77.8 Å². The lowest BCUT2D eigenvalue weighted by Crippen LogP contribution is -2.68. The zero-order valence-electron chi connectivity index (χ0n) is 16.2. The molecule has 0 spiro atoms. The van der Waals surface area contributed by atoms with Gasteiger partial charge in [-0.3, -0.25) is 4.79 Å². The largest absolute Gasteiger partial charge is 0.390 e. The van der Waals surface area contributed by atoms with E-state index in [1.165, 1.54) is 0 Å². The Morgan fingerprint density at radius 3 is 2.67 bits per heavy atom. The highest BCUT2D eigenvalue weighted by Gasteiger charge is 2.75. The number of allylic oxidation sites excluding steroid dienone is 6.